The Kier molecular flexibility index (Phi) is 7.09. The normalized spacial score (nSPS) is 10.1. The third-order valence-electron chi connectivity index (χ3n) is 3.15. The highest BCUT2D eigenvalue weighted by molar-refractivity contribution is 7.09. The summed E-state index contributed by atoms with van der Waals surface area (Å²) < 4.78 is 17.6. The number of hydrogen-bond donors (Lipinski definition) is 2. The molecule has 1 aromatic heterocycles. The lowest BCUT2D eigenvalue weighted by Gasteiger charge is -2.07. The number of ether oxygens (including phenoxy) is 1. The fourth-order valence-corrected chi connectivity index (χ4v) is 2.55. The highest BCUT2D eigenvalue weighted by atomic mass is 32.1. The maximum absolute atomic E-state index is 12.8. The number of thiophene rings is 1. The zero-order valence-corrected chi connectivity index (χ0v) is 14.1. The lowest BCUT2D eigenvalue weighted by atomic mass is 10.1. The van der Waals surface area contributed by atoms with E-state index in [1.165, 1.54) is 23.5 Å². The van der Waals surface area contributed by atoms with Gasteiger partial charge in [0.2, 0.25) is 0 Å². The summed E-state index contributed by atoms with van der Waals surface area (Å²) in [5, 5.41) is 6.48. The topological polar surface area (TPSA) is 84.5 Å². The average Bonchev–Trinajstić information content (AvgIpc) is 3.11. The monoisotopic (exact) mass is 364 g/mol. The molecular weight excluding hydrogens is 347 g/mol. The van der Waals surface area contributed by atoms with Gasteiger partial charge in [0.25, 0.3) is 5.91 Å². The molecule has 0 unspecified atom stereocenters. The fraction of sp³-hybridized carbons (Fsp3) is 0.235. The van der Waals surface area contributed by atoms with Crippen molar-refractivity contribution in [3.05, 3.63) is 58.0 Å². The van der Waals surface area contributed by atoms with Gasteiger partial charge in [0.1, 0.15) is 5.82 Å². The molecular formula is C17H17FN2O4S. The van der Waals surface area contributed by atoms with Gasteiger partial charge in [0.15, 0.2) is 6.61 Å². The first-order valence-electron chi connectivity index (χ1n) is 7.53. The van der Waals surface area contributed by atoms with Crippen LogP contribution >= 0.6 is 11.3 Å². The van der Waals surface area contributed by atoms with Gasteiger partial charge in [-0.3, -0.25) is 14.9 Å². The summed E-state index contributed by atoms with van der Waals surface area (Å²) in [5.74, 6) is -1.63. The van der Waals surface area contributed by atoms with Crippen LogP contribution in [0.25, 0.3) is 0 Å². The highest BCUT2D eigenvalue weighted by Gasteiger charge is 2.11. The Morgan fingerprint density at radius 1 is 1.12 bits per heavy atom. The number of halogens is 1. The van der Waals surface area contributed by atoms with E-state index in [9.17, 15) is 18.8 Å². The summed E-state index contributed by atoms with van der Waals surface area (Å²) in [7, 11) is 0. The van der Waals surface area contributed by atoms with Gasteiger partial charge in [-0.2, -0.15) is 0 Å². The van der Waals surface area contributed by atoms with Crippen LogP contribution in [-0.4, -0.2) is 24.5 Å². The van der Waals surface area contributed by atoms with Gasteiger partial charge >= 0.3 is 12.0 Å². The molecule has 0 aliphatic carbocycles. The van der Waals surface area contributed by atoms with E-state index in [2.05, 4.69) is 10.6 Å². The quantitative estimate of drug-likeness (QED) is 0.739. The number of carbonyl (C=O) groups is 3. The first-order chi connectivity index (χ1) is 12.0. The van der Waals surface area contributed by atoms with Gasteiger partial charge in [-0.1, -0.05) is 18.2 Å². The van der Waals surface area contributed by atoms with Crippen molar-refractivity contribution in [1.29, 1.82) is 0 Å². The van der Waals surface area contributed by atoms with E-state index in [4.69, 9.17) is 4.74 Å². The molecule has 0 saturated heterocycles. The number of imide groups is 1. The zero-order valence-electron chi connectivity index (χ0n) is 13.3. The fourth-order valence-electron chi connectivity index (χ4n) is 1.90. The number of esters is 1. The molecule has 0 aliphatic heterocycles. The minimum absolute atomic E-state index is 0.0590. The molecule has 0 radical (unpaired) electrons. The van der Waals surface area contributed by atoms with Crippen LogP contribution in [0.2, 0.25) is 0 Å². The molecule has 132 valence electrons. The minimum Gasteiger partial charge on any atom is -0.456 e. The Balaban J connectivity index is 1.60. The van der Waals surface area contributed by atoms with E-state index in [0.29, 0.717) is 13.0 Å². The van der Waals surface area contributed by atoms with Crippen LogP contribution in [0.4, 0.5) is 9.18 Å². The number of rotatable bonds is 7. The predicted octanol–water partition coefficient (Wildman–Crippen LogP) is 2.39. The summed E-state index contributed by atoms with van der Waals surface area (Å²) in [6.45, 7) is -0.219. The molecule has 1 aromatic carbocycles. The Hall–Kier alpha value is -2.74. The Morgan fingerprint density at radius 3 is 2.56 bits per heavy atom. The third kappa shape index (κ3) is 7.13. The van der Waals surface area contributed by atoms with Crippen LogP contribution in [0.1, 0.15) is 16.9 Å². The van der Waals surface area contributed by atoms with Crippen LogP contribution < -0.4 is 10.6 Å². The molecule has 0 spiro atoms. The van der Waals surface area contributed by atoms with Crippen LogP contribution in [0.15, 0.2) is 41.8 Å². The second-order valence-corrected chi connectivity index (χ2v) is 6.13. The molecule has 0 saturated carbocycles. The van der Waals surface area contributed by atoms with Crippen LogP contribution in [-0.2, 0) is 27.3 Å². The molecule has 2 aromatic rings. The van der Waals surface area contributed by atoms with Gasteiger partial charge in [0.05, 0.1) is 6.54 Å². The lowest BCUT2D eigenvalue weighted by Crippen LogP contribution is -2.41. The van der Waals surface area contributed by atoms with Gasteiger partial charge in [-0.25, -0.2) is 9.18 Å². The highest BCUT2D eigenvalue weighted by Crippen LogP contribution is 2.07. The second kappa shape index (κ2) is 9.53. The maximum Gasteiger partial charge on any atom is 0.321 e. The van der Waals surface area contributed by atoms with E-state index in [-0.39, 0.29) is 12.2 Å². The zero-order chi connectivity index (χ0) is 18.1. The number of aryl methyl sites for hydroxylation is 1. The lowest BCUT2D eigenvalue weighted by molar-refractivity contribution is -0.148. The smallest absolute Gasteiger partial charge is 0.321 e. The van der Waals surface area contributed by atoms with E-state index >= 15 is 0 Å². The van der Waals surface area contributed by atoms with Crippen molar-refractivity contribution >= 4 is 29.2 Å². The van der Waals surface area contributed by atoms with E-state index in [0.717, 1.165) is 10.4 Å². The van der Waals surface area contributed by atoms with Crippen LogP contribution in [0.3, 0.4) is 0 Å². The molecule has 6 nitrogen and oxygen atoms in total. The van der Waals surface area contributed by atoms with Gasteiger partial charge in [-0.05, 0) is 35.6 Å². The van der Waals surface area contributed by atoms with Crippen LogP contribution in [0, 0.1) is 5.82 Å². The third-order valence-corrected chi connectivity index (χ3v) is 4.03. The number of amides is 3. The molecule has 25 heavy (non-hydrogen) atoms. The average molecular weight is 364 g/mol. The van der Waals surface area contributed by atoms with E-state index in [1.807, 2.05) is 17.5 Å². The predicted molar refractivity (Wildman–Crippen MR) is 90.4 cm³/mol. The molecule has 0 fully saturated rings. The molecule has 0 bridgehead atoms. The molecule has 2 N–H and O–H groups in total. The van der Waals surface area contributed by atoms with Crippen molar-refractivity contribution in [2.24, 2.45) is 0 Å². The molecule has 3 amide bonds. The van der Waals surface area contributed by atoms with Crippen LogP contribution in [0.5, 0.6) is 0 Å². The van der Waals surface area contributed by atoms with E-state index < -0.39 is 24.5 Å². The first-order valence-corrected chi connectivity index (χ1v) is 8.41. The van der Waals surface area contributed by atoms with Gasteiger partial charge < -0.3 is 10.1 Å². The van der Waals surface area contributed by atoms with Crippen molar-refractivity contribution in [3.8, 4) is 0 Å². The maximum atomic E-state index is 12.8. The Bertz CT molecular complexity index is 717. The Morgan fingerprint density at radius 2 is 1.88 bits per heavy atom. The van der Waals surface area contributed by atoms with Crippen molar-refractivity contribution < 1.29 is 23.5 Å². The summed E-state index contributed by atoms with van der Waals surface area (Å²) in [4.78, 5) is 35.6. The largest absolute Gasteiger partial charge is 0.456 e. The summed E-state index contributed by atoms with van der Waals surface area (Å²) >= 11 is 1.48. The molecule has 0 aliphatic rings. The standard InChI is InChI=1S/C17H17FN2O4S/c18-13-6-3-12(4-7-13)5-8-16(22)24-11-15(21)20-17(23)19-10-14-2-1-9-25-14/h1-4,6-7,9H,5,8,10-11H2,(H2,19,20,21,23). The van der Waals surface area contributed by atoms with Gasteiger partial charge in [0, 0.05) is 11.3 Å². The Labute approximate surface area is 148 Å². The number of hydrogen-bond acceptors (Lipinski definition) is 5. The molecule has 8 heteroatoms. The van der Waals surface area contributed by atoms with E-state index in [1.54, 1.807) is 12.1 Å². The van der Waals surface area contributed by atoms with Crippen molar-refractivity contribution in [2.45, 2.75) is 19.4 Å². The van der Waals surface area contributed by atoms with Crippen molar-refractivity contribution in [2.75, 3.05) is 6.61 Å². The summed E-state index contributed by atoms with van der Waals surface area (Å²) in [5.41, 5.74) is 0.788. The SMILES string of the molecule is O=C(COC(=O)CCc1ccc(F)cc1)NC(=O)NCc1cccs1. The number of nitrogens with one attached hydrogen (secondary N) is 2. The minimum atomic E-state index is -0.709. The second-order valence-electron chi connectivity index (χ2n) is 5.10. The summed E-state index contributed by atoms with van der Waals surface area (Å²) in [6, 6.07) is 8.83. The van der Waals surface area contributed by atoms with Crippen molar-refractivity contribution in [3.63, 3.8) is 0 Å². The number of urea groups is 1. The summed E-state index contributed by atoms with van der Waals surface area (Å²) in [6.07, 6.45) is 0.436. The van der Waals surface area contributed by atoms with Crippen molar-refractivity contribution in [1.82, 2.24) is 10.6 Å². The first kappa shape index (κ1) is 18.6. The molecule has 0 atom stereocenters. The number of benzene rings is 1. The number of carbonyl (C=O) groups excluding carboxylic acids is 3. The molecule has 2 rings (SSSR count). The molecule has 1 heterocycles. The van der Waals surface area contributed by atoms with Gasteiger partial charge in [-0.15, -0.1) is 11.3 Å².